The number of alkyl halides is 2. The molecule has 2 aliphatic carbocycles. The largest absolute Gasteiger partial charge is 0.481 e. The molecule has 0 amide bonds. The van der Waals surface area contributed by atoms with Crippen LogP contribution in [-0.2, 0) is 17.1 Å². The summed E-state index contributed by atoms with van der Waals surface area (Å²) in [5.74, 6) is -1.63. The number of aromatic nitrogens is 2. The average molecular weight is 364 g/mol. The van der Waals surface area contributed by atoms with Gasteiger partial charge in [0.15, 0.2) is 0 Å². The van der Waals surface area contributed by atoms with E-state index in [2.05, 4.69) is 16.8 Å². The lowest BCUT2D eigenvalue weighted by Gasteiger charge is -2.39. The van der Waals surface area contributed by atoms with Crippen LogP contribution in [0.15, 0.2) is 0 Å². The van der Waals surface area contributed by atoms with Gasteiger partial charge in [0, 0.05) is 44.1 Å². The summed E-state index contributed by atoms with van der Waals surface area (Å²) < 4.78 is 28.7. The molecule has 0 bridgehead atoms. The quantitative estimate of drug-likeness (QED) is 0.884. The Morgan fingerprint density at radius 3 is 2.62 bits per heavy atom. The van der Waals surface area contributed by atoms with Gasteiger partial charge in [0.25, 0.3) is 5.92 Å². The number of carbonyl (C=O) groups is 1. The Bertz CT molecular complexity index is 775. The summed E-state index contributed by atoms with van der Waals surface area (Å²) in [6.07, 6.45) is 1.33. The van der Waals surface area contributed by atoms with E-state index in [1.54, 1.807) is 0 Å². The van der Waals surface area contributed by atoms with Crippen LogP contribution in [0.1, 0.15) is 37.4 Å². The fourth-order valence-electron chi connectivity index (χ4n) is 4.92. The molecule has 2 saturated heterocycles. The Kier molecular flexibility index (Phi) is 3.28. The predicted octanol–water partition coefficient (Wildman–Crippen LogP) is 2.27. The van der Waals surface area contributed by atoms with Gasteiger partial charge in [0.2, 0.25) is 5.95 Å². The molecule has 3 heterocycles. The maximum Gasteiger partial charge on any atom is 0.303 e. The van der Waals surface area contributed by atoms with Crippen LogP contribution < -0.4 is 9.80 Å². The van der Waals surface area contributed by atoms with Gasteiger partial charge in [-0.3, -0.25) is 4.79 Å². The number of hydrogen-bond acceptors (Lipinski definition) is 5. The molecule has 8 heteroatoms. The van der Waals surface area contributed by atoms with Crippen LogP contribution in [0.3, 0.4) is 0 Å². The topological polar surface area (TPSA) is 69.6 Å². The number of carboxylic acid groups (broad SMARTS) is 1. The van der Waals surface area contributed by atoms with Crippen molar-refractivity contribution >= 4 is 17.7 Å². The molecule has 2 aliphatic heterocycles. The van der Waals surface area contributed by atoms with Crippen LogP contribution >= 0.6 is 0 Å². The number of rotatable bonds is 4. The van der Waals surface area contributed by atoms with Crippen molar-refractivity contribution in [3.05, 3.63) is 11.3 Å². The number of fused-ring (bicyclic) bond motifs is 2. The minimum absolute atomic E-state index is 0.0979. The minimum Gasteiger partial charge on any atom is -0.481 e. The molecule has 1 saturated carbocycles. The van der Waals surface area contributed by atoms with E-state index < -0.39 is 11.9 Å². The van der Waals surface area contributed by atoms with Crippen molar-refractivity contribution in [2.75, 3.05) is 29.4 Å². The van der Waals surface area contributed by atoms with E-state index in [1.165, 1.54) is 0 Å². The molecule has 4 atom stereocenters. The Balaban J connectivity index is 1.45. The zero-order valence-electron chi connectivity index (χ0n) is 14.7. The summed E-state index contributed by atoms with van der Waals surface area (Å²) in [5, 5.41) is 8.98. The van der Waals surface area contributed by atoms with Crippen LogP contribution in [0.5, 0.6) is 0 Å². The molecule has 1 unspecified atom stereocenters. The molecule has 0 spiro atoms. The number of piperidine rings is 1. The van der Waals surface area contributed by atoms with Gasteiger partial charge < -0.3 is 14.9 Å². The van der Waals surface area contributed by atoms with Crippen molar-refractivity contribution in [1.29, 1.82) is 0 Å². The van der Waals surface area contributed by atoms with Crippen LogP contribution in [-0.4, -0.2) is 46.7 Å². The first-order valence-electron chi connectivity index (χ1n) is 9.38. The molecular weight excluding hydrogens is 342 g/mol. The lowest BCUT2D eigenvalue weighted by Crippen LogP contribution is -2.47. The Morgan fingerprint density at radius 1 is 1.31 bits per heavy atom. The highest BCUT2D eigenvalue weighted by atomic mass is 19.3. The molecule has 140 valence electrons. The first kappa shape index (κ1) is 16.2. The van der Waals surface area contributed by atoms with Gasteiger partial charge in [-0.1, -0.05) is 0 Å². The van der Waals surface area contributed by atoms with Gasteiger partial charge in [0.1, 0.15) is 11.5 Å². The maximum atomic E-state index is 14.4. The van der Waals surface area contributed by atoms with Crippen LogP contribution in [0.4, 0.5) is 20.5 Å². The number of carboxylic acids is 1. The Hall–Kier alpha value is -1.99. The highest BCUT2D eigenvalue weighted by molar-refractivity contribution is 5.68. The SMILES string of the molecule is CC1CCN1c1nc(N2C[C@@H]3[C@@H](CC(=O)O)[C@@H]3C2)c2c(n1)C(F)(F)CC2. The van der Waals surface area contributed by atoms with Crippen LogP contribution in [0, 0.1) is 17.8 Å². The zero-order valence-corrected chi connectivity index (χ0v) is 14.7. The van der Waals surface area contributed by atoms with Gasteiger partial charge in [-0.2, -0.15) is 13.8 Å². The maximum absolute atomic E-state index is 14.4. The smallest absolute Gasteiger partial charge is 0.303 e. The summed E-state index contributed by atoms with van der Waals surface area (Å²) in [4.78, 5) is 24.0. The van der Waals surface area contributed by atoms with Gasteiger partial charge >= 0.3 is 5.97 Å². The van der Waals surface area contributed by atoms with Gasteiger partial charge in [-0.15, -0.1) is 0 Å². The van der Waals surface area contributed by atoms with Gasteiger partial charge in [0.05, 0.1) is 0 Å². The lowest BCUT2D eigenvalue weighted by atomic mass is 10.1. The second kappa shape index (κ2) is 5.27. The number of nitrogens with zero attached hydrogens (tertiary/aromatic N) is 4. The van der Waals surface area contributed by atoms with E-state index in [0.29, 0.717) is 48.7 Å². The standard InChI is InChI=1S/C18H22F2N4O2/c1-9-3-5-24(9)17-21-15-10(2-4-18(15,19)20)16(22-17)23-7-12-11(6-14(25)26)13(12)8-23/h9,11-13H,2-8H2,1H3,(H,25,26)/t9?,11-,12-,13+. The molecule has 1 N–H and O–H groups in total. The molecule has 26 heavy (non-hydrogen) atoms. The molecular formula is C18H22F2N4O2. The van der Waals surface area contributed by atoms with E-state index in [1.807, 2.05) is 4.90 Å². The van der Waals surface area contributed by atoms with Crippen molar-refractivity contribution < 1.29 is 18.7 Å². The lowest BCUT2D eigenvalue weighted by molar-refractivity contribution is -0.137. The monoisotopic (exact) mass is 364 g/mol. The Morgan fingerprint density at radius 2 is 2.04 bits per heavy atom. The molecule has 0 aromatic carbocycles. The van der Waals surface area contributed by atoms with Crippen molar-refractivity contribution in [1.82, 2.24) is 9.97 Å². The van der Waals surface area contributed by atoms with Crippen molar-refractivity contribution in [3.8, 4) is 0 Å². The van der Waals surface area contributed by atoms with Crippen LogP contribution in [0.2, 0.25) is 0 Å². The summed E-state index contributed by atoms with van der Waals surface area (Å²) in [7, 11) is 0. The number of halogens is 2. The molecule has 0 radical (unpaired) electrons. The van der Waals surface area contributed by atoms with Crippen LogP contribution in [0.25, 0.3) is 0 Å². The molecule has 3 fully saturated rings. The average Bonchev–Trinajstić information content (AvgIpc) is 2.93. The van der Waals surface area contributed by atoms with Gasteiger partial charge in [-0.25, -0.2) is 4.98 Å². The minimum atomic E-state index is -2.88. The van der Waals surface area contributed by atoms with Gasteiger partial charge in [-0.05, 0) is 37.5 Å². The highest BCUT2D eigenvalue weighted by Gasteiger charge is 2.57. The first-order valence-corrected chi connectivity index (χ1v) is 9.38. The van der Waals surface area contributed by atoms with E-state index in [-0.39, 0.29) is 30.5 Å². The Labute approximate surface area is 150 Å². The molecule has 5 rings (SSSR count). The van der Waals surface area contributed by atoms with Crippen molar-refractivity contribution in [2.45, 2.75) is 44.6 Å². The zero-order chi connectivity index (χ0) is 18.2. The number of aliphatic carboxylic acids is 1. The summed E-state index contributed by atoms with van der Waals surface area (Å²) in [5.41, 5.74) is 0.488. The highest BCUT2D eigenvalue weighted by Crippen LogP contribution is 2.55. The third-order valence-corrected chi connectivity index (χ3v) is 6.67. The normalized spacial score (nSPS) is 33.7. The summed E-state index contributed by atoms with van der Waals surface area (Å²) in [6.45, 7) is 4.29. The number of anilines is 2. The van der Waals surface area contributed by atoms with E-state index in [9.17, 15) is 13.6 Å². The predicted molar refractivity (Wildman–Crippen MR) is 90.6 cm³/mol. The third kappa shape index (κ3) is 2.30. The molecule has 1 aromatic rings. The summed E-state index contributed by atoms with van der Waals surface area (Å²) >= 11 is 0. The molecule has 4 aliphatic rings. The fraction of sp³-hybridized carbons (Fsp3) is 0.722. The van der Waals surface area contributed by atoms with E-state index in [4.69, 9.17) is 10.1 Å². The van der Waals surface area contributed by atoms with Crippen molar-refractivity contribution in [3.63, 3.8) is 0 Å². The van der Waals surface area contributed by atoms with E-state index in [0.717, 1.165) is 13.0 Å². The van der Waals surface area contributed by atoms with Crippen molar-refractivity contribution in [2.24, 2.45) is 17.8 Å². The second-order valence-corrected chi connectivity index (χ2v) is 8.20. The number of hydrogen-bond donors (Lipinski definition) is 1. The van der Waals surface area contributed by atoms with E-state index >= 15 is 0 Å². The second-order valence-electron chi connectivity index (χ2n) is 8.20. The summed E-state index contributed by atoms with van der Waals surface area (Å²) in [6, 6.07) is 0.280. The first-order chi connectivity index (χ1) is 12.3. The fourth-order valence-corrected chi connectivity index (χ4v) is 4.92. The molecule has 6 nitrogen and oxygen atoms in total. The molecule has 1 aromatic heterocycles. The third-order valence-electron chi connectivity index (χ3n) is 6.67.